The number of rotatable bonds is 4. The second-order valence-corrected chi connectivity index (χ2v) is 4.01. The van der Waals surface area contributed by atoms with E-state index in [0.29, 0.717) is 5.56 Å². The van der Waals surface area contributed by atoms with Crippen LogP contribution in [0.25, 0.3) is 0 Å². The van der Waals surface area contributed by atoms with Crippen molar-refractivity contribution in [3.8, 4) is 0 Å². The minimum Gasteiger partial charge on any atom is -0.343 e. The second-order valence-electron chi connectivity index (χ2n) is 4.01. The highest BCUT2D eigenvalue weighted by Gasteiger charge is 2.08. The molecule has 20 heavy (non-hydrogen) atoms. The molecule has 6 nitrogen and oxygen atoms in total. The van der Waals surface area contributed by atoms with Crippen LogP contribution in [0.1, 0.15) is 10.4 Å². The fourth-order valence-electron chi connectivity index (χ4n) is 1.57. The third kappa shape index (κ3) is 3.55. The molecule has 2 amide bonds. The molecule has 2 rings (SSSR count). The number of amides is 2. The monoisotopic (exact) mass is 271 g/mol. The zero-order chi connectivity index (χ0) is 14.4. The van der Waals surface area contributed by atoms with Crippen LogP contribution >= 0.6 is 0 Å². The van der Waals surface area contributed by atoms with E-state index in [4.69, 9.17) is 0 Å². The predicted octanol–water partition coefficient (Wildman–Crippen LogP) is 0.743. The number of aromatic nitrogens is 1. The van der Waals surface area contributed by atoms with E-state index in [0.717, 1.165) is 0 Å². The van der Waals surface area contributed by atoms with Crippen molar-refractivity contribution in [3.63, 3.8) is 0 Å². The summed E-state index contributed by atoms with van der Waals surface area (Å²) < 4.78 is 0. The first kappa shape index (κ1) is 13.5. The zero-order valence-electron chi connectivity index (χ0n) is 10.6. The van der Waals surface area contributed by atoms with E-state index in [1.54, 1.807) is 36.4 Å². The number of carbonyl (C=O) groups is 2. The highest BCUT2D eigenvalue weighted by atomic mass is 16.2. The maximum absolute atomic E-state index is 11.7. The number of hydrogen-bond donors (Lipinski definition) is 3. The molecule has 2 aromatic rings. The van der Waals surface area contributed by atoms with Crippen LogP contribution in [0.5, 0.6) is 0 Å². The Balaban J connectivity index is 1.89. The van der Waals surface area contributed by atoms with Gasteiger partial charge in [-0.25, -0.2) is 0 Å². The Morgan fingerprint density at radius 2 is 1.80 bits per heavy atom. The summed E-state index contributed by atoms with van der Waals surface area (Å²) >= 11 is 0. The number of carbonyl (C=O) groups excluding carboxylic acids is 2. The summed E-state index contributed by atoms with van der Waals surface area (Å²) in [5, 5.41) is 4.89. The Labute approximate surface area is 114 Å². The Kier molecular flexibility index (Phi) is 4.28. The van der Waals surface area contributed by atoms with Crippen molar-refractivity contribution in [2.75, 3.05) is 11.9 Å². The van der Waals surface area contributed by atoms with Crippen LogP contribution in [-0.4, -0.2) is 23.3 Å². The number of pyridine rings is 1. The summed E-state index contributed by atoms with van der Waals surface area (Å²) in [6.45, 7) is -0.206. The molecule has 1 aromatic heterocycles. The first-order valence-electron chi connectivity index (χ1n) is 5.97. The van der Waals surface area contributed by atoms with Crippen LogP contribution in [0.3, 0.4) is 0 Å². The first-order valence-corrected chi connectivity index (χ1v) is 5.97. The fourth-order valence-corrected chi connectivity index (χ4v) is 1.57. The molecular weight excluding hydrogens is 258 g/mol. The summed E-state index contributed by atoms with van der Waals surface area (Å²) in [7, 11) is 0. The lowest BCUT2D eigenvalue weighted by atomic mass is 10.2. The summed E-state index contributed by atoms with van der Waals surface area (Å²) in [4.78, 5) is 37.1. The summed E-state index contributed by atoms with van der Waals surface area (Å²) in [6, 6.07) is 11.6. The van der Waals surface area contributed by atoms with Crippen molar-refractivity contribution in [1.29, 1.82) is 0 Å². The maximum Gasteiger partial charge on any atom is 0.271 e. The molecule has 0 spiro atoms. The molecule has 6 heteroatoms. The van der Waals surface area contributed by atoms with Crippen LogP contribution in [0, 0.1) is 0 Å². The molecule has 102 valence electrons. The van der Waals surface area contributed by atoms with Gasteiger partial charge in [0.05, 0.1) is 6.54 Å². The topological polar surface area (TPSA) is 91.1 Å². The van der Waals surface area contributed by atoms with Gasteiger partial charge in [0.15, 0.2) is 0 Å². The summed E-state index contributed by atoms with van der Waals surface area (Å²) in [6.07, 6.45) is 1.47. The van der Waals surface area contributed by atoms with E-state index >= 15 is 0 Å². The maximum atomic E-state index is 11.7. The Hall–Kier alpha value is -2.89. The molecule has 0 unspecified atom stereocenters. The molecule has 0 aliphatic heterocycles. The highest BCUT2D eigenvalue weighted by molar-refractivity contribution is 5.99. The number of H-pyrrole nitrogens is 1. The van der Waals surface area contributed by atoms with E-state index in [1.807, 2.05) is 0 Å². The van der Waals surface area contributed by atoms with E-state index < -0.39 is 11.5 Å². The van der Waals surface area contributed by atoms with Gasteiger partial charge < -0.3 is 15.6 Å². The van der Waals surface area contributed by atoms with Gasteiger partial charge >= 0.3 is 0 Å². The standard InChI is InChI=1S/C14H13N3O3/c18-12(17-11-7-4-8-15-14(11)20)9-16-13(19)10-5-2-1-3-6-10/h1-8H,9H2,(H,15,20)(H,16,19)(H,17,18). The van der Waals surface area contributed by atoms with Gasteiger partial charge in [-0.2, -0.15) is 0 Å². The molecule has 1 aromatic carbocycles. The normalized spacial score (nSPS) is 9.80. The van der Waals surface area contributed by atoms with Gasteiger partial charge in [0, 0.05) is 11.8 Å². The molecule has 0 saturated carbocycles. The molecule has 3 N–H and O–H groups in total. The van der Waals surface area contributed by atoms with Crippen molar-refractivity contribution >= 4 is 17.5 Å². The molecular formula is C14H13N3O3. The average molecular weight is 271 g/mol. The van der Waals surface area contributed by atoms with Crippen LogP contribution in [0.15, 0.2) is 53.5 Å². The molecule has 0 atom stereocenters. The molecule has 0 aliphatic rings. The van der Waals surface area contributed by atoms with Crippen molar-refractivity contribution in [2.24, 2.45) is 0 Å². The van der Waals surface area contributed by atoms with Crippen molar-refractivity contribution in [1.82, 2.24) is 10.3 Å². The molecule has 1 heterocycles. The Morgan fingerprint density at radius 3 is 2.50 bits per heavy atom. The lowest BCUT2D eigenvalue weighted by Gasteiger charge is -2.06. The van der Waals surface area contributed by atoms with Crippen LogP contribution < -0.4 is 16.2 Å². The minimum atomic E-state index is -0.467. The van der Waals surface area contributed by atoms with Crippen molar-refractivity contribution in [3.05, 3.63) is 64.6 Å². The fraction of sp³-hybridized carbons (Fsp3) is 0.0714. The number of anilines is 1. The van der Waals surface area contributed by atoms with Crippen LogP contribution in [-0.2, 0) is 4.79 Å². The molecule has 0 aliphatic carbocycles. The van der Waals surface area contributed by atoms with Crippen molar-refractivity contribution < 1.29 is 9.59 Å². The predicted molar refractivity (Wildman–Crippen MR) is 74.5 cm³/mol. The van der Waals surface area contributed by atoms with Gasteiger partial charge in [-0.3, -0.25) is 14.4 Å². The number of benzene rings is 1. The van der Waals surface area contributed by atoms with E-state index in [-0.39, 0.29) is 18.1 Å². The largest absolute Gasteiger partial charge is 0.343 e. The second kappa shape index (κ2) is 6.33. The highest BCUT2D eigenvalue weighted by Crippen LogP contribution is 1.98. The Bertz CT molecular complexity index is 665. The number of nitrogens with one attached hydrogen (secondary N) is 3. The molecule has 0 radical (unpaired) electrons. The van der Waals surface area contributed by atoms with Gasteiger partial charge in [0.2, 0.25) is 5.91 Å². The van der Waals surface area contributed by atoms with Gasteiger partial charge in [-0.1, -0.05) is 18.2 Å². The van der Waals surface area contributed by atoms with Gasteiger partial charge in [-0.15, -0.1) is 0 Å². The van der Waals surface area contributed by atoms with E-state index in [9.17, 15) is 14.4 Å². The van der Waals surface area contributed by atoms with Crippen molar-refractivity contribution in [2.45, 2.75) is 0 Å². The SMILES string of the molecule is O=C(CNC(=O)c1ccccc1)Nc1ccc[nH]c1=O. The third-order valence-electron chi connectivity index (χ3n) is 2.54. The molecule has 0 bridgehead atoms. The first-order chi connectivity index (χ1) is 9.66. The number of hydrogen-bond acceptors (Lipinski definition) is 3. The van der Waals surface area contributed by atoms with Gasteiger partial charge in [-0.05, 0) is 24.3 Å². The smallest absolute Gasteiger partial charge is 0.271 e. The van der Waals surface area contributed by atoms with E-state index in [2.05, 4.69) is 15.6 Å². The zero-order valence-corrected chi connectivity index (χ0v) is 10.6. The number of aromatic amines is 1. The van der Waals surface area contributed by atoms with E-state index in [1.165, 1.54) is 12.3 Å². The third-order valence-corrected chi connectivity index (χ3v) is 2.54. The van der Waals surface area contributed by atoms with Crippen LogP contribution in [0.4, 0.5) is 5.69 Å². The summed E-state index contributed by atoms with van der Waals surface area (Å²) in [5.41, 5.74) is 0.222. The lowest BCUT2D eigenvalue weighted by molar-refractivity contribution is -0.115. The van der Waals surface area contributed by atoms with Gasteiger partial charge in [0.1, 0.15) is 5.69 Å². The minimum absolute atomic E-state index is 0.145. The lowest BCUT2D eigenvalue weighted by Crippen LogP contribution is -2.33. The summed E-state index contributed by atoms with van der Waals surface area (Å²) in [5.74, 6) is -0.811. The average Bonchev–Trinajstić information content (AvgIpc) is 2.48. The van der Waals surface area contributed by atoms with Gasteiger partial charge in [0.25, 0.3) is 11.5 Å². The Morgan fingerprint density at radius 1 is 1.05 bits per heavy atom. The quantitative estimate of drug-likeness (QED) is 0.766. The van der Waals surface area contributed by atoms with Crippen LogP contribution in [0.2, 0.25) is 0 Å². The molecule has 0 saturated heterocycles. The molecule has 0 fully saturated rings.